The molecule has 0 unspecified atom stereocenters. The Hall–Kier alpha value is -3.00. The number of ether oxygens (including phenoxy) is 1. The third-order valence-electron chi connectivity index (χ3n) is 5.39. The first-order valence-corrected chi connectivity index (χ1v) is 9.99. The van der Waals surface area contributed by atoms with E-state index in [-0.39, 0.29) is 6.61 Å². The number of anilines is 1. The minimum absolute atomic E-state index is 0.287. The number of hydrogen-bond acceptors (Lipinski definition) is 7. The predicted octanol–water partition coefficient (Wildman–Crippen LogP) is 2.68. The number of likely N-dealkylation sites (tertiary alicyclic amines) is 1. The molecule has 8 heteroatoms. The zero-order valence-electron chi connectivity index (χ0n) is 17.0. The Kier molecular flexibility index (Phi) is 5.71. The van der Waals surface area contributed by atoms with E-state index in [4.69, 9.17) is 10.5 Å². The standard InChI is InChI=1S/C21H27N7O/c1-15-20(22)16(2)24-21(23-15)29-14-18-13-28(26-25-18)19-8-10-27(11-9-19)12-17-6-4-3-5-7-17/h3-7,13,19H,8-12,14,22H2,1-2H3. The van der Waals surface area contributed by atoms with Crippen LogP contribution in [0, 0.1) is 13.8 Å². The highest BCUT2D eigenvalue weighted by Crippen LogP contribution is 2.23. The number of aryl methyl sites for hydroxylation is 2. The van der Waals surface area contributed by atoms with E-state index in [2.05, 4.69) is 55.5 Å². The van der Waals surface area contributed by atoms with Gasteiger partial charge in [-0.1, -0.05) is 35.5 Å². The van der Waals surface area contributed by atoms with Crippen LogP contribution in [0.1, 0.15) is 41.5 Å². The monoisotopic (exact) mass is 393 g/mol. The lowest BCUT2D eigenvalue weighted by molar-refractivity contribution is 0.172. The van der Waals surface area contributed by atoms with Gasteiger partial charge in [-0.15, -0.1) is 5.10 Å². The first kappa shape index (κ1) is 19.3. The first-order chi connectivity index (χ1) is 14.1. The first-order valence-electron chi connectivity index (χ1n) is 9.99. The van der Waals surface area contributed by atoms with E-state index in [0.29, 0.717) is 17.7 Å². The summed E-state index contributed by atoms with van der Waals surface area (Å²) in [5.41, 5.74) is 10.1. The average Bonchev–Trinajstić information content (AvgIpc) is 3.21. The van der Waals surface area contributed by atoms with E-state index in [9.17, 15) is 0 Å². The third kappa shape index (κ3) is 4.71. The Balaban J connectivity index is 1.29. The van der Waals surface area contributed by atoms with Gasteiger partial charge >= 0.3 is 6.01 Å². The molecule has 1 aliphatic rings. The van der Waals surface area contributed by atoms with Crippen LogP contribution in [0.4, 0.5) is 5.69 Å². The quantitative estimate of drug-likeness (QED) is 0.688. The Bertz CT molecular complexity index is 926. The third-order valence-corrected chi connectivity index (χ3v) is 5.39. The Labute approximate surface area is 170 Å². The molecular formula is C21H27N7O. The van der Waals surface area contributed by atoms with E-state index < -0.39 is 0 Å². The summed E-state index contributed by atoms with van der Waals surface area (Å²) in [7, 11) is 0. The van der Waals surface area contributed by atoms with Gasteiger partial charge in [0, 0.05) is 19.6 Å². The molecule has 8 nitrogen and oxygen atoms in total. The summed E-state index contributed by atoms with van der Waals surface area (Å²) in [6, 6.07) is 11.3. The number of nitrogens with two attached hydrogens (primary N) is 1. The fraction of sp³-hybridized carbons (Fsp3) is 0.429. The highest BCUT2D eigenvalue weighted by Gasteiger charge is 2.22. The van der Waals surface area contributed by atoms with Gasteiger partial charge in [0.05, 0.1) is 29.3 Å². The van der Waals surface area contributed by atoms with Crippen molar-refractivity contribution in [3.63, 3.8) is 0 Å². The van der Waals surface area contributed by atoms with E-state index >= 15 is 0 Å². The summed E-state index contributed by atoms with van der Waals surface area (Å²) in [4.78, 5) is 11.0. The van der Waals surface area contributed by atoms with Gasteiger partial charge in [0.1, 0.15) is 12.3 Å². The van der Waals surface area contributed by atoms with Gasteiger partial charge in [-0.3, -0.25) is 4.90 Å². The van der Waals surface area contributed by atoms with E-state index in [0.717, 1.165) is 49.6 Å². The zero-order chi connectivity index (χ0) is 20.2. The van der Waals surface area contributed by atoms with Crippen LogP contribution in [0.15, 0.2) is 36.5 Å². The van der Waals surface area contributed by atoms with E-state index in [1.54, 1.807) is 0 Å². The molecule has 2 N–H and O–H groups in total. The van der Waals surface area contributed by atoms with Gasteiger partial charge in [-0.05, 0) is 32.3 Å². The molecule has 3 heterocycles. The summed E-state index contributed by atoms with van der Waals surface area (Å²) in [5.74, 6) is 0. The second kappa shape index (κ2) is 8.57. The molecule has 0 amide bonds. The SMILES string of the molecule is Cc1nc(OCc2cn(C3CCN(Cc4ccccc4)CC3)nn2)nc(C)c1N. The van der Waals surface area contributed by atoms with Gasteiger partial charge in [-0.25, -0.2) is 4.68 Å². The molecular weight excluding hydrogens is 366 g/mol. The fourth-order valence-electron chi connectivity index (χ4n) is 3.64. The van der Waals surface area contributed by atoms with Crippen molar-refractivity contribution in [1.29, 1.82) is 0 Å². The molecule has 0 spiro atoms. The molecule has 1 aromatic carbocycles. The molecule has 152 valence electrons. The smallest absolute Gasteiger partial charge is 0.317 e. The Morgan fingerprint density at radius 3 is 2.45 bits per heavy atom. The molecule has 0 aliphatic carbocycles. The lowest BCUT2D eigenvalue weighted by Crippen LogP contribution is -2.34. The van der Waals surface area contributed by atoms with Crippen molar-refractivity contribution in [3.8, 4) is 6.01 Å². The van der Waals surface area contributed by atoms with Gasteiger partial charge in [0.25, 0.3) is 0 Å². The van der Waals surface area contributed by atoms with Crippen LogP contribution >= 0.6 is 0 Å². The van der Waals surface area contributed by atoms with Crippen molar-refractivity contribution in [2.75, 3.05) is 18.8 Å². The topological polar surface area (TPSA) is 95.0 Å². The van der Waals surface area contributed by atoms with Crippen LogP contribution in [0.3, 0.4) is 0 Å². The summed E-state index contributed by atoms with van der Waals surface area (Å²) in [6.07, 6.45) is 4.10. The van der Waals surface area contributed by atoms with Gasteiger partial charge in [-0.2, -0.15) is 9.97 Å². The summed E-state index contributed by atoms with van der Waals surface area (Å²) in [5, 5.41) is 8.57. The summed E-state index contributed by atoms with van der Waals surface area (Å²) in [6.45, 7) is 7.10. The van der Waals surface area contributed by atoms with Crippen LogP contribution < -0.4 is 10.5 Å². The summed E-state index contributed by atoms with van der Waals surface area (Å²) >= 11 is 0. The number of nitrogens with zero attached hydrogens (tertiary/aromatic N) is 6. The van der Waals surface area contributed by atoms with Crippen LogP contribution in [0.2, 0.25) is 0 Å². The molecule has 2 aromatic heterocycles. The molecule has 0 radical (unpaired) electrons. The summed E-state index contributed by atoms with van der Waals surface area (Å²) < 4.78 is 7.66. The van der Waals surface area contributed by atoms with Gasteiger partial charge in [0.2, 0.25) is 0 Å². The lowest BCUT2D eigenvalue weighted by Gasteiger charge is -2.31. The van der Waals surface area contributed by atoms with Crippen LogP contribution in [0.5, 0.6) is 6.01 Å². The highest BCUT2D eigenvalue weighted by atomic mass is 16.5. The zero-order valence-corrected chi connectivity index (χ0v) is 17.0. The second-order valence-corrected chi connectivity index (χ2v) is 7.56. The molecule has 1 saturated heterocycles. The van der Waals surface area contributed by atoms with Gasteiger partial charge < -0.3 is 10.5 Å². The normalized spacial score (nSPS) is 15.5. The van der Waals surface area contributed by atoms with E-state index in [1.807, 2.05) is 24.7 Å². The van der Waals surface area contributed by atoms with Crippen molar-refractivity contribution in [2.24, 2.45) is 0 Å². The minimum Gasteiger partial charge on any atom is -0.457 e. The van der Waals surface area contributed by atoms with Crippen LogP contribution in [-0.2, 0) is 13.2 Å². The minimum atomic E-state index is 0.287. The number of benzene rings is 1. The number of rotatable bonds is 6. The molecule has 29 heavy (non-hydrogen) atoms. The van der Waals surface area contributed by atoms with E-state index in [1.165, 1.54) is 5.56 Å². The average molecular weight is 393 g/mol. The van der Waals surface area contributed by atoms with Crippen molar-refractivity contribution in [3.05, 3.63) is 59.2 Å². The van der Waals surface area contributed by atoms with Crippen molar-refractivity contribution in [1.82, 2.24) is 29.9 Å². The second-order valence-electron chi connectivity index (χ2n) is 7.56. The van der Waals surface area contributed by atoms with Crippen LogP contribution in [0.25, 0.3) is 0 Å². The number of hydrogen-bond donors (Lipinski definition) is 1. The highest BCUT2D eigenvalue weighted by molar-refractivity contribution is 5.46. The van der Waals surface area contributed by atoms with Crippen molar-refractivity contribution >= 4 is 5.69 Å². The molecule has 0 saturated carbocycles. The lowest BCUT2D eigenvalue weighted by atomic mass is 10.0. The molecule has 1 fully saturated rings. The number of piperidine rings is 1. The Morgan fingerprint density at radius 1 is 1.07 bits per heavy atom. The van der Waals surface area contributed by atoms with Gasteiger partial charge in [0.15, 0.2) is 0 Å². The van der Waals surface area contributed by atoms with Crippen molar-refractivity contribution in [2.45, 2.75) is 45.9 Å². The van der Waals surface area contributed by atoms with Crippen LogP contribution in [-0.4, -0.2) is 43.0 Å². The molecule has 3 aromatic rings. The number of aromatic nitrogens is 5. The predicted molar refractivity (Wildman–Crippen MR) is 110 cm³/mol. The maximum Gasteiger partial charge on any atom is 0.317 e. The Morgan fingerprint density at radius 2 is 1.76 bits per heavy atom. The molecule has 0 bridgehead atoms. The molecule has 1 aliphatic heterocycles. The molecule has 0 atom stereocenters. The maximum absolute atomic E-state index is 5.89. The molecule has 4 rings (SSSR count). The van der Waals surface area contributed by atoms with Crippen molar-refractivity contribution < 1.29 is 4.74 Å². The largest absolute Gasteiger partial charge is 0.457 e. The number of nitrogen functional groups attached to an aromatic ring is 1. The maximum atomic E-state index is 5.89. The fourth-order valence-corrected chi connectivity index (χ4v) is 3.64.